The van der Waals surface area contributed by atoms with E-state index in [4.69, 9.17) is 9.39 Å². The van der Waals surface area contributed by atoms with Crippen LogP contribution >= 0.6 is 15.9 Å². The maximum Gasteiger partial charge on any atom is 0.573 e. The molecule has 1 aliphatic heterocycles. The number of rotatable bonds is 6. The number of carbonyl (C=O) groups excluding carboxylic acids is 1. The van der Waals surface area contributed by atoms with Crippen molar-refractivity contribution >= 4 is 34.4 Å². The second-order valence-corrected chi connectivity index (χ2v) is 7.67. The summed E-state index contributed by atoms with van der Waals surface area (Å²) >= 11 is 3.35. The van der Waals surface area contributed by atoms with Crippen molar-refractivity contribution in [2.24, 2.45) is 0 Å². The van der Waals surface area contributed by atoms with Crippen LogP contribution in [0, 0.1) is 11.3 Å². The number of amides is 1. The second kappa shape index (κ2) is 8.78. The van der Waals surface area contributed by atoms with Gasteiger partial charge in [0.1, 0.15) is 18.1 Å². The van der Waals surface area contributed by atoms with E-state index in [0.29, 0.717) is 15.7 Å². The molecular formula is C19H15BBrF3N2O5. The minimum absolute atomic E-state index is 0.0370. The van der Waals surface area contributed by atoms with Crippen molar-refractivity contribution < 1.29 is 37.1 Å². The molecule has 0 radical (unpaired) electrons. The Morgan fingerprint density at radius 2 is 2.00 bits per heavy atom. The fourth-order valence-corrected chi connectivity index (χ4v) is 3.52. The van der Waals surface area contributed by atoms with Crippen LogP contribution in [0.4, 0.5) is 13.2 Å². The summed E-state index contributed by atoms with van der Waals surface area (Å²) in [5.41, 5.74) is -0.0939. The molecule has 31 heavy (non-hydrogen) atoms. The Labute approximate surface area is 184 Å². The van der Waals surface area contributed by atoms with Gasteiger partial charge >= 0.3 is 13.5 Å². The van der Waals surface area contributed by atoms with Crippen LogP contribution in [-0.4, -0.2) is 36.6 Å². The van der Waals surface area contributed by atoms with Gasteiger partial charge in [-0.3, -0.25) is 4.79 Å². The molecule has 2 aromatic rings. The Balaban J connectivity index is 1.67. The normalized spacial score (nSPS) is 14.9. The number of nitriles is 1. The molecule has 1 amide bonds. The van der Waals surface area contributed by atoms with Crippen LogP contribution in [0.1, 0.15) is 22.8 Å². The third-order valence-corrected chi connectivity index (χ3v) is 5.20. The number of benzene rings is 2. The highest BCUT2D eigenvalue weighted by Crippen LogP contribution is 2.28. The first-order valence-corrected chi connectivity index (χ1v) is 9.64. The van der Waals surface area contributed by atoms with Gasteiger partial charge in [0, 0.05) is 11.0 Å². The van der Waals surface area contributed by atoms with E-state index in [2.05, 4.69) is 26.0 Å². The van der Waals surface area contributed by atoms with Crippen molar-refractivity contribution in [1.82, 2.24) is 5.32 Å². The number of hydrogen-bond acceptors (Lipinski definition) is 6. The van der Waals surface area contributed by atoms with E-state index in [0.717, 1.165) is 29.8 Å². The third-order valence-electron chi connectivity index (χ3n) is 4.38. The Morgan fingerprint density at radius 3 is 2.61 bits per heavy atom. The van der Waals surface area contributed by atoms with Crippen LogP contribution in [0.2, 0.25) is 0 Å². The number of halogens is 4. The average molecular weight is 499 g/mol. The third kappa shape index (κ3) is 5.49. The van der Waals surface area contributed by atoms with E-state index in [1.807, 2.05) is 6.07 Å². The number of fused-ring (bicyclic) bond motifs is 1. The summed E-state index contributed by atoms with van der Waals surface area (Å²) < 4.78 is 51.8. The summed E-state index contributed by atoms with van der Waals surface area (Å²) in [6.07, 6.45) is -4.84. The zero-order valence-electron chi connectivity index (χ0n) is 16.0. The zero-order chi connectivity index (χ0) is 22.8. The Kier molecular flexibility index (Phi) is 6.50. The molecule has 0 bridgehead atoms. The van der Waals surface area contributed by atoms with Gasteiger partial charge in [-0.2, -0.15) is 5.26 Å². The molecule has 12 heteroatoms. The zero-order valence-corrected chi connectivity index (χ0v) is 17.6. The predicted octanol–water partition coefficient (Wildman–Crippen LogP) is 2.66. The van der Waals surface area contributed by atoms with E-state index in [-0.39, 0.29) is 18.8 Å². The van der Waals surface area contributed by atoms with Gasteiger partial charge in [0.15, 0.2) is 5.54 Å². The van der Waals surface area contributed by atoms with Gasteiger partial charge in [0.2, 0.25) is 0 Å². The first-order valence-electron chi connectivity index (χ1n) is 8.85. The summed E-state index contributed by atoms with van der Waals surface area (Å²) in [6, 6.07) is 9.60. The van der Waals surface area contributed by atoms with E-state index < -0.39 is 30.7 Å². The molecule has 0 spiro atoms. The molecule has 0 saturated carbocycles. The van der Waals surface area contributed by atoms with Crippen LogP contribution in [-0.2, 0) is 11.3 Å². The summed E-state index contributed by atoms with van der Waals surface area (Å²) in [5, 5.41) is 21.9. The molecule has 0 aromatic heterocycles. The molecule has 1 atom stereocenters. The molecule has 3 rings (SSSR count). The van der Waals surface area contributed by atoms with Gasteiger partial charge in [0.25, 0.3) is 5.91 Å². The Morgan fingerprint density at radius 1 is 1.32 bits per heavy atom. The minimum Gasteiger partial charge on any atom is -0.489 e. The van der Waals surface area contributed by atoms with Crippen LogP contribution in [0.5, 0.6) is 11.5 Å². The van der Waals surface area contributed by atoms with Crippen LogP contribution in [0.15, 0.2) is 40.9 Å². The van der Waals surface area contributed by atoms with Gasteiger partial charge in [0.05, 0.1) is 17.1 Å². The molecule has 1 heterocycles. The summed E-state index contributed by atoms with van der Waals surface area (Å²) in [5.74, 6) is -0.807. The van der Waals surface area contributed by atoms with Gasteiger partial charge in [-0.05, 0) is 58.7 Å². The molecule has 162 valence electrons. The van der Waals surface area contributed by atoms with Gasteiger partial charge < -0.3 is 24.5 Å². The lowest BCUT2D eigenvalue weighted by Gasteiger charge is -2.24. The van der Waals surface area contributed by atoms with Crippen molar-refractivity contribution in [3.05, 3.63) is 52.0 Å². The fraction of sp³-hybridized carbons (Fsp3) is 0.263. The summed E-state index contributed by atoms with van der Waals surface area (Å²) in [4.78, 5) is 12.5. The van der Waals surface area contributed by atoms with E-state index in [1.54, 1.807) is 12.1 Å². The second-order valence-electron chi connectivity index (χ2n) is 6.87. The number of hydrogen-bond donors (Lipinski definition) is 2. The first kappa shape index (κ1) is 22.9. The van der Waals surface area contributed by atoms with Crippen LogP contribution in [0.3, 0.4) is 0 Å². The number of nitrogens with zero attached hydrogens (tertiary/aromatic N) is 1. The van der Waals surface area contributed by atoms with Crippen LogP contribution in [0.25, 0.3) is 0 Å². The van der Waals surface area contributed by atoms with E-state index >= 15 is 0 Å². The maximum absolute atomic E-state index is 12.5. The average Bonchev–Trinajstić information content (AvgIpc) is 3.08. The molecule has 0 aliphatic carbocycles. The van der Waals surface area contributed by atoms with Crippen LogP contribution < -0.4 is 20.3 Å². The largest absolute Gasteiger partial charge is 0.573 e. The topological polar surface area (TPSA) is 101 Å². The number of ether oxygens (including phenoxy) is 2. The highest BCUT2D eigenvalue weighted by molar-refractivity contribution is 9.10. The number of carbonyl (C=O) groups is 1. The maximum atomic E-state index is 12.5. The smallest absolute Gasteiger partial charge is 0.489 e. The predicted molar refractivity (Wildman–Crippen MR) is 107 cm³/mol. The Hall–Kier alpha value is -2.75. The lowest BCUT2D eigenvalue weighted by molar-refractivity contribution is -0.274. The Bertz CT molecular complexity index is 1030. The number of alkyl halides is 3. The SMILES string of the molecule is C[C@](C#N)(COc1ccc2c(c1Br)B(O)OC2)NC(=O)c1ccc(OC(F)(F)F)cc1. The molecular weight excluding hydrogens is 484 g/mol. The standard InChI is InChI=1S/C19H15BBrF3N2O5/c1-18(9-25,10-29-14-7-4-12-8-30-20(28)15(12)16(14)21)26-17(27)11-2-5-13(6-3-11)31-19(22,23)24/h2-7,28H,8,10H2,1H3,(H,26,27)/t18-/m0/s1. The summed E-state index contributed by atoms with van der Waals surface area (Å²) in [7, 11) is -1.10. The highest BCUT2D eigenvalue weighted by Gasteiger charge is 2.33. The first-order chi connectivity index (χ1) is 14.5. The van der Waals surface area contributed by atoms with Crippen molar-refractivity contribution in [1.29, 1.82) is 5.26 Å². The molecule has 0 fully saturated rings. The molecule has 0 unspecified atom stereocenters. The monoisotopic (exact) mass is 498 g/mol. The van der Waals surface area contributed by atoms with E-state index in [9.17, 15) is 28.3 Å². The highest BCUT2D eigenvalue weighted by atomic mass is 79.9. The quantitative estimate of drug-likeness (QED) is 0.594. The van der Waals surface area contributed by atoms with Crippen molar-refractivity contribution in [3.63, 3.8) is 0 Å². The molecule has 7 nitrogen and oxygen atoms in total. The van der Waals surface area contributed by atoms with Gasteiger partial charge in [-0.25, -0.2) is 0 Å². The van der Waals surface area contributed by atoms with E-state index in [1.165, 1.54) is 6.92 Å². The molecule has 2 aromatic carbocycles. The van der Waals surface area contributed by atoms with Crippen molar-refractivity contribution in [2.45, 2.75) is 25.4 Å². The molecule has 1 aliphatic rings. The lowest BCUT2D eigenvalue weighted by Crippen LogP contribution is -2.49. The fourth-order valence-electron chi connectivity index (χ4n) is 2.82. The minimum atomic E-state index is -4.84. The summed E-state index contributed by atoms with van der Waals surface area (Å²) in [6.45, 7) is 1.46. The number of nitrogens with one attached hydrogen (secondary N) is 1. The lowest BCUT2D eigenvalue weighted by atomic mass is 9.79. The molecule has 0 saturated heterocycles. The van der Waals surface area contributed by atoms with Crippen molar-refractivity contribution in [3.8, 4) is 17.6 Å². The van der Waals surface area contributed by atoms with Gasteiger partial charge in [-0.1, -0.05) is 6.07 Å². The molecule has 2 N–H and O–H groups in total. The van der Waals surface area contributed by atoms with Crippen molar-refractivity contribution in [2.75, 3.05) is 6.61 Å². The van der Waals surface area contributed by atoms with Gasteiger partial charge in [-0.15, -0.1) is 13.2 Å².